The smallest absolute Gasteiger partial charge is 0.0741 e. The van der Waals surface area contributed by atoms with Gasteiger partial charge in [0, 0.05) is 13.1 Å². The van der Waals surface area contributed by atoms with Crippen LogP contribution in [-0.2, 0) is 0 Å². The molecule has 0 bridgehead atoms. The predicted octanol–water partition coefficient (Wildman–Crippen LogP) is 2.15. The Labute approximate surface area is 59.8 Å². The molecule has 0 atom stereocenters. The molecule has 0 radical (unpaired) electrons. The van der Waals surface area contributed by atoms with Gasteiger partial charge in [-0.1, -0.05) is 0 Å². The second-order valence-corrected chi connectivity index (χ2v) is 8.12. The van der Waals surface area contributed by atoms with Crippen LogP contribution in [0.25, 0.3) is 0 Å². The first-order valence-electron chi connectivity index (χ1n) is 3.40. The van der Waals surface area contributed by atoms with Crippen LogP contribution < -0.4 is 0 Å². The molecule has 0 rings (SSSR count). The van der Waals surface area contributed by atoms with Crippen LogP contribution >= 0.6 is 7.41 Å². The minimum Gasteiger partial charge on any atom is -0.182 e. The summed E-state index contributed by atoms with van der Waals surface area (Å²) in [5.41, 5.74) is 0. The van der Waals surface area contributed by atoms with E-state index in [9.17, 15) is 0 Å². The van der Waals surface area contributed by atoms with Crippen molar-refractivity contribution < 1.29 is 0 Å². The highest BCUT2D eigenvalue weighted by Gasteiger charge is 2.26. The monoisotopic (exact) mass is 148 g/mol. The number of nitrogens with zero attached hydrogens (tertiary/aromatic N) is 1. The molecular weight excluding hydrogens is 129 g/mol. The Morgan fingerprint density at radius 3 is 1.44 bits per heavy atom. The largest absolute Gasteiger partial charge is 0.182 e. The van der Waals surface area contributed by atoms with Crippen LogP contribution in [0.5, 0.6) is 0 Å². The van der Waals surface area contributed by atoms with Gasteiger partial charge in [-0.2, -0.15) is 4.67 Å². The summed E-state index contributed by atoms with van der Waals surface area (Å²) >= 11 is 0. The molecule has 0 heterocycles. The first-order valence-corrected chi connectivity index (χ1v) is 6.49. The van der Waals surface area contributed by atoms with E-state index in [0.29, 0.717) is 6.04 Å². The molecule has 2 heteroatoms. The van der Waals surface area contributed by atoms with Gasteiger partial charge in [0.1, 0.15) is 0 Å². The fourth-order valence-electron chi connectivity index (χ4n) is 0.693. The van der Waals surface area contributed by atoms with Crippen LogP contribution in [0.2, 0.25) is 0 Å². The Kier molecular flexibility index (Phi) is 3.11. The van der Waals surface area contributed by atoms with E-state index in [2.05, 4.69) is 45.6 Å². The van der Waals surface area contributed by atoms with Crippen molar-refractivity contribution in [1.29, 1.82) is 0 Å². The number of hydrogen-bond donors (Lipinski definition) is 0. The molecule has 0 fully saturated rings. The maximum Gasteiger partial charge on any atom is 0.0741 e. The lowest BCUT2D eigenvalue weighted by molar-refractivity contribution is 0.449. The van der Waals surface area contributed by atoms with Crippen molar-refractivity contribution in [1.82, 2.24) is 4.67 Å². The molecule has 0 aromatic heterocycles. The molecule has 1 nitrogen and oxygen atoms in total. The molecule has 0 aliphatic rings. The van der Waals surface area contributed by atoms with Gasteiger partial charge in [0.15, 0.2) is 0 Å². The van der Waals surface area contributed by atoms with Crippen LogP contribution in [0.3, 0.4) is 0 Å². The summed E-state index contributed by atoms with van der Waals surface area (Å²) in [7, 11) is 1.48. The molecule has 9 heavy (non-hydrogen) atoms. The molecule has 0 unspecified atom stereocenters. The molecule has 0 aliphatic carbocycles. The normalized spacial score (nSPS) is 13.3. The molecule has 0 aromatic rings. The van der Waals surface area contributed by atoms with Crippen molar-refractivity contribution in [3.8, 4) is 0 Å². The fraction of sp³-hybridized carbons (Fsp3) is 1.00. The molecular formula is C7H19NP+. The zero-order chi connectivity index (χ0) is 7.65. The first-order chi connectivity index (χ1) is 3.85. The summed E-state index contributed by atoms with van der Waals surface area (Å²) in [5, 5.41) is 0. The summed E-state index contributed by atoms with van der Waals surface area (Å²) < 4.78 is 2.47. The Morgan fingerprint density at radius 1 is 1.11 bits per heavy atom. The first kappa shape index (κ1) is 9.39. The fourth-order valence-corrected chi connectivity index (χ4v) is 2.08. The molecule has 0 aliphatic heterocycles. The predicted molar refractivity (Wildman–Crippen MR) is 47.6 cm³/mol. The maximum absolute atomic E-state index is 2.47. The van der Waals surface area contributed by atoms with Gasteiger partial charge < -0.3 is 0 Å². The van der Waals surface area contributed by atoms with Crippen LogP contribution in [-0.4, -0.2) is 37.8 Å². The zero-order valence-electron chi connectivity index (χ0n) is 7.47. The van der Waals surface area contributed by atoms with E-state index in [-0.39, 0.29) is 0 Å². The van der Waals surface area contributed by atoms with E-state index in [1.54, 1.807) is 0 Å². The van der Waals surface area contributed by atoms with Crippen LogP contribution in [0.1, 0.15) is 13.8 Å². The average molecular weight is 148 g/mol. The van der Waals surface area contributed by atoms with Gasteiger partial charge in [0.25, 0.3) is 0 Å². The molecule has 0 saturated carbocycles. The molecule has 0 spiro atoms. The third kappa shape index (κ3) is 3.17. The number of hydrogen-bond acceptors (Lipinski definition) is 1. The lowest BCUT2D eigenvalue weighted by atomic mass is 10.4. The lowest BCUT2D eigenvalue weighted by Gasteiger charge is -2.27. The zero-order valence-corrected chi connectivity index (χ0v) is 8.37. The third-order valence-corrected chi connectivity index (χ3v) is 4.05. The molecule has 0 saturated heterocycles. The minimum atomic E-state index is -0.730. The van der Waals surface area contributed by atoms with Crippen LogP contribution in [0, 0.1) is 0 Å². The Morgan fingerprint density at radius 2 is 1.44 bits per heavy atom. The van der Waals surface area contributed by atoms with Crippen molar-refractivity contribution in [3.05, 3.63) is 0 Å². The minimum absolute atomic E-state index is 0.693. The summed E-state index contributed by atoms with van der Waals surface area (Å²) in [6, 6.07) is 0.693. The standard InChI is InChI=1S/C7H19NP/c1-7(2)8(3)9(4,5)6/h7H,1-6H3/q+1. The summed E-state index contributed by atoms with van der Waals surface area (Å²) in [5.74, 6) is 0. The van der Waals surface area contributed by atoms with E-state index >= 15 is 0 Å². The second-order valence-electron chi connectivity index (χ2n) is 3.61. The van der Waals surface area contributed by atoms with Gasteiger partial charge in [0.2, 0.25) is 0 Å². The number of rotatable bonds is 2. The summed E-state index contributed by atoms with van der Waals surface area (Å²) in [4.78, 5) is 0. The molecule has 0 amide bonds. The molecule has 56 valence electrons. The lowest BCUT2D eigenvalue weighted by Crippen LogP contribution is -2.25. The van der Waals surface area contributed by atoms with Gasteiger partial charge in [-0.15, -0.1) is 0 Å². The SMILES string of the molecule is CC(C)N(C)[P+](C)(C)C. The summed E-state index contributed by atoms with van der Waals surface area (Å²) in [6.07, 6.45) is 0. The van der Waals surface area contributed by atoms with Gasteiger partial charge in [-0.3, -0.25) is 0 Å². The Balaban J connectivity index is 3.88. The Bertz CT molecular complexity index is 83.4. The average Bonchev–Trinajstić information content (AvgIpc) is 1.62. The van der Waals surface area contributed by atoms with Crippen LogP contribution in [0.15, 0.2) is 0 Å². The van der Waals surface area contributed by atoms with Crippen molar-refractivity contribution >= 4 is 7.41 Å². The third-order valence-electron chi connectivity index (χ3n) is 1.69. The van der Waals surface area contributed by atoms with E-state index in [0.717, 1.165) is 0 Å². The van der Waals surface area contributed by atoms with Crippen LogP contribution in [0.4, 0.5) is 0 Å². The van der Waals surface area contributed by atoms with Crippen molar-refractivity contribution in [2.45, 2.75) is 19.9 Å². The van der Waals surface area contributed by atoms with E-state index < -0.39 is 7.41 Å². The maximum atomic E-state index is 2.47. The highest BCUT2D eigenvalue weighted by atomic mass is 31.2. The highest BCUT2D eigenvalue weighted by Crippen LogP contribution is 2.50. The molecule has 0 aromatic carbocycles. The van der Waals surface area contributed by atoms with E-state index in [1.807, 2.05) is 0 Å². The van der Waals surface area contributed by atoms with Gasteiger partial charge >= 0.3 is 0 Å². The molecule has 0 N–H and O–H groups in total. The Hall–Kier alpha value is 0.390. The van der Waals surface area contributed by atoms with E-state index in [1.165, 1.54) is 0 Å². The second kappa shape index (κ2) is 2.98. The van der Waals surface area contributed by atoms with Gasteiger partial charge in [-0.05, 0) is 13.8 Å². The van der Waals surface area contributed by atoms with Crippen molar-refractivity contribution in [2.75, 3.05) is 27.0 Å². The van der Waals surface area contributed by atoms with E-state index in [4.69, 9.17) is 0 Å². The van der Waals surface area contributed by atoms with Crippen molar-refractivity contribution in [2.24, 2.45) is 0 Å². The quantitative estimate of drug-likeness (QED) is 0.542. The van der Waals surface area contributed by atoms with Gasteiger partial charge in [0.05, 0.1) is 27.4 Å². The van der Waals surface area contributed by atoms with Crippen molar-refractivity contribution in [3.63, 3.8) is 0 Å². The highest BCUT2D eigenvalue weighted by molar-refractivity contribution is 7.71. The van der Waals surface area contributed by atoms with Gasteiger partial charge in [-0.25, -0.2) is 0 Å². The summed E-state index contributed by atoms with van der Waals surface area (Å²) in [6.45, 7) is 11.5. The topological polar surface area (TPSA) is 3.24 Å².